The summed E-state index contributed by atoms with van der Waals surface area (Å²) in [5.74, 6) is 1.58. The third-order valence-electron chi connectivity index (χ3n) is 5.98. The van der Waals surface area contributed by atoms with E-state index in [4.69, 9.17) is 9.47 Å². The van der Waals surface area contributed by atoms with Crippen molar-refractivity contribution in [2.24, 2.45) is 0 Å². The molecule has 1 aliphatic heterocycles. The number of nitrogens with zero attached hydrogens (tertiary/aromatic N) is 3. The first kappa shape index (κ1) is 23.1. The van der Waals surface area contributed by atoms with Crippen LogP contribution in [-0.2, 0) is 16.0 Å². The molecule has 1 saturated heterocycles. The van der Waals surface area contributed by atoms with E-state index in [-0.39, 0.29) is 5.91 Å². The van der Waals surface area contributed by atoms with E-state index in [1.165, 1.54) is 0 Å². The highest BCUT2D eigenvalue weighted by atomic mass is 16.5. The van der Waals surface area contributed by atoms with Crippen LogP contribution in [0.2, 0.25) is 0 Å². The lowest BCUT2D eigenvalue weighted by molar-refractivity contribution is -0.116. The summed E-state index contributed by atoms with van der Waals surface area (Å²) in [6.45, 7) is 6.63. The third-order valence-corrected chi connectivity index (χ3v) is 5.98. The average molecular weight is 449 g/mol. The maximum atomic E-state index is 12.8. The van der Waals surface area contributed by atoms with Crippen molar-refractivity contribution in [2.45, 2.75) is 32.6 Å². The number of nitrogens with one attached hydrogen (secondary N) is 1. The SMILES string of the molecule is CCc1nccc(-c2cc(NC(=O)CCCCN3CCOCC3)c3cc(OC)ccc3c2)n1. The minimum absolute atomic E-state index is 0.0233. The fourth-order valence-electron chi connectivity index (χ4n) is 4.10. The molecule has 1 amide bonds. The van der Waals surface area contributed by atoms with Crippen LogP contribution in [0.1, 0.15) is 32.0 Å². The van der Waals surface area contributed by atoms with Crippen molar-refractivity contribution in [3.8, 4) is 17.0 Å². The largest absolute Gasteiger partial charge is 0.497 e. The number of ether oxygens (including phenoxy) is 2. The van der Waals surface area contributed by atoms with Crippen molar-refractivity contribution in [2.75, 3.05) is 45.3 Å². The number of aromatic nitrogens is 2. The van der Waals surface area contributed by atoms with Crippen LogP contribution in [0.3, 0.4) is 0 Å². The van der Waals surface area contributed by atoms with Gasteiger partial charge in [-0.05, 0) is 55.1 Å². The lowest BCUT2D eigenvalue weighted by Crippen LogP contribution is -2.36. The van der Waals surface area contributed by atoms with Crippen molar-refractivity contribution < 1.29 is 14.3 Å². The Morgan fingerprint density at radius 2 is 2.00 bits per heavy atom. The Morgan fingerprint density at radius 1 is 1.15 bits per heavy atom. The number of morpholine rings is 1. The van der Waals surface area contributed by atoms with Crippen molar-refractivity contribution in [3.63, 3.8) is 0 Å². The van der Waals surface area contributed by atoms with E-state index in [0.717, 1.165) is 91.4 Å². The molecule has 1 fully saturated rings. The molecule has 1 N–H and O–H groups in total. The predicted molar refractivity (Wildman–Crippen MR) is 131 cm³/mol. The lowest BCUT2D eigenvalue weighted by atomic mass is 10.0. The van der Waals surface area contributed by atoms with Gasteiger partial charge >= 0.3 is 0 Å². The zero-order valence-electron chi connectivity index (χ0n) is 19.5. The number of rotatable bonds is 9. The maximum absolute atomic E-state index is 12.8. The molecular weight excluding hydrogens is 416 g/mol. The summed E-state index contributed by atoms with van der Waals surface area (Å²) in [4.78, 5) is 24.2. The first-order valence-corrected chi connectivity index (χ1v) is 11.7. The van der Waals surface area contributed by atoms with Gasteiger partial charge in [-0.2, -0.15) is 0 Å². The molecule has 0 saturated carbocycles. The molecule has 1 aromatic heterocycles. The zero-order valence-corrected chi connectivity index (χ0v) is 19.5. The number of benzene rings is 2. The molecule has 0 bridgehead atoms. The quantitative estimate of drug-likeness (QED) is 0.492. The molecule has 0 aliphatic carbocycles. The predicted octanol–water partition coefficient (Wildman–Crippen LogP) is 4.31. The average Bonchev–Trinajstić information content (AvgIpc) is 2.87. The van der Waals surface area contributed by atoms with Gasteiger partial charge in [-0.15, -0.1) is 0 Å². The number of carbonyl (C=O) groups excluding carboxylic acids is 1. The highest BCUT2D eigenvalue weighted by molar-refractivity contribution is 6.04. The van der Waals surface area contributed by atoms with Gasteiger partial charge in [0.15, 0.2) is 0 Å². The van der Waals surface area contributed by atoms with E-state index in [9.17, 15) is 4.79 Å². The second kappa shape index (κ2) is 11.2. The van der Waals surface area contributed by atoms with Crippen LogP contribution in [0.4, 0.5) is 5.69 Å². The van der Waals surface area contributed by atoms with E-state index >= 15 is 0 Å². The number of carbonyl (C=O) groups is 1. The summed E-state index contributed by atoms with van der Waals surface area (Å²) in [7, 11) is 1.65. The van der Waals surface area contributed by atoms with Crippen LogP contribution in [0.25, 0.3) is 22.0 Å². The van der Waals surface area contributed by atoms with Crippen molar-refractivity contribution in [1.82, 2.24) is 14.9 Å². The summed E-state index contributed by atoms with van der Waals surface area (Å²) >= 11 is 0. The van der Waals surface area contributed by atoms with E-state index in [1.54, 1.807) is 13.3 Å². The minimum atomic E-state index is 0.0233. The Labute approximate surface area is 195 Å². The first-order valence-electron chi connectivity index (χ1n) is 11.7. The Balaban J connectivity index is 1.50. The van der Waals surface area contributed by atoms with Gasteiger partial charge in [-0.1, -0.05) is 13.0 Å². The highest BCUT2D eigenvalue weighted by Crippen LogP contribution is 2.33. The summed E-state index contributed by atoms with van der Waals surface area (Å²) < 4.78 is 10.8. The molecule has 2 heterocycles. The van der Waals surface area contributed by atoms with Gasteiger partial charge in [0.1, 0.15) is 11.6 Å². The van der Waals surface area contributed by atoms with Gasteiger partial charge in [-0.3, -0.25) is 9.69 Å². The molecule has 174 valence electrons. The van der Waals surface area contributed by atoms with Gasteiger partial charge in [0.25, 0.3) is 0 Å². The van der Waals surface area contributed by atoms with E-state index < -0.39 is 0 Å². The van der Waals surface area contributed by atoms with Crippen LogP contribution in [0.5, 0.6) is 5.75 Å². The third kappa shape index (κ3) is 6.06. The highest BCUT2D eigenvalue weighted by Gasteiger charge is 2.13. The molecule has 2 aromatic carbocycles. The van der Waals surface area contributed by atoms with Crippen molar-refractivity contribution in [1.29, 1.82) is 0 Å². The number of unbranched alkanes of at least 4 members (excludes halogenated alkanes) is 1. The molecule has 33 heavy (non-hydrogen) atoms. The second-order valence-corrected chi connectivity index (χ2v) is 8.28. The lowest BCUT2D eigenvalue weighted by Gasteiger charge is -2.26. The maximum Gasteiger partial charge on any atom is 0.224 e. The Kier molecular flexibility index (Phi) is 7.86. The number of methoxy groups -OCH3 is 1. The molecule has 7 heteroatoms. The molecule has 0 spiro atoms. The molecule has 0 atom stereocenters. The number of fused-ring (bicyclic) bond motifs is 1. The van der Waals surface area contributed by atoms with Crippen LogP contribution < -0.4 is 10.1 Å². The standard InChI is InChI=1S/C26H32N4O3/c1-3-25-27-10-9-23(28-25)20-16-19-7-8-21(32-2)18-22(19)24(17-20)29-26(31)6-4-5-11-30-12-14-33-15-13-30/h7-10,16-18H,3-6,11-15H2,1-2H3,(H,29,31). The molecule has 0 unspecified atom stereocenters. The molecule has 4 rings (SSSR count). The van der Waals surface area contributed by atoms with E-state index in [2.05, 4.69) is 26.3 Å². The summed E-state index contributed by atoms with van der Waals surface area (Å²) in [6, 6.07) is 11.9. The Bertz CT molecular complexity index is 1100. The van der Waals surface area contributed by atoms with Crippen LogP contribution in [-0.4, -0.2) is 60.7 Å². The number of aryl methyl sites for hydroxylation is 1. The Hall–Kier alpha value is -3.03. The van der Waals surface area contributed by atoms with E-state index in [1.807, 2.05) is 37.3 Å². The fourth-order valence-corrected chi connectivity index (χ4v) is 4.10. The number of amides is 1. The summed E-state index contributed by atoms with van der Waals surface area (Å²) in [6.07, 6.45) is 4.91. The number of hydrogen-bond donors (Lipinski definition) is 1. The first-order chi connectivity index (χ1) is 16.2. The second-order valence-electron chi connectivity index (χ2n) is 8.28. The zero-order chi connectivity index (χ0) is 23.0. The molecule has 3 aromatic rings. The Morgan fingerprint density at radius 3 is 2.79 bits per heavy atom. The summed E-state index contributed by atoms with van der Waals surface area (Å²) in [5, 5.41) is 5.11. The van der Waals surface area contributed by atoms with Gasteiger partial charge in [0.2, 0.25) is 5.91 Å². The fraction of sp³-hybridized carbons (Fsp3) is 0.423. The van der Waals surface area contributed by atoms with Gasteiger partial charge < -0.3 is 14.8 Å². The molecule has 1 aliphatic rings. The smallest absolute Gasteiger partial charge is 0.224 e. The van der Waals surface area contributed by atoms with Crippen LogP contribution in [0, 0.1) is 0 Å². The van der Waals surface area contributed by atoms with E-state index in [0.29, 0.717) is 6.42 Å². The molecule has 7 nitrogen and oxygen atoms in total. The minimum Gasteiger partial charge on any atom is -0.497 e. The van der Waals surface area contributed by atoms with Gasteiger partial charge in [0, 0.05) is 48.8 Å². The van der Waals surface area contributed by atoms with Gasteiger partial charge in [0.05, 0.1) is 26.0 Å². The van der Waals surface area contributed by atoms with Crippen molar-refractivity contribution >= 4 is 22.4 Å². The summed E-state index contributed by atoms with van der Waals surface area (Å²) in [5.41, 5.74) is 2.57. The topological polar surface area (TPSA) is 76.6 Å². The number of anilines is 1. The monoisotopic (exact) mass is 448 g/mol. The molecule has 0 radical (unpaired) electrons. The van der Waals surface area contributed by atoms with Gasteiger partial charge in [-0.25, -0.2) is 9.97 Å². The molecular formula is C26H32N4O3. The van der Waals surface area contributed by atoms with Crippen LogP contribution in [0.15, 0.2) is 42.6 Å². The van der Waals surface area contributed by atoms with Crippen molar-refractivity contribution in [3.05, 3.63) is 48.4 Å². The normalized spacial score (nSPS) is 14.4. The number of hydrogen-bond acceptors (Lipinski definition) is 6. The van der Waals surface area contributed by atoms with Crippen LogP contribution >= 0.6 is 0 Å².